The van der Waals surface area contributed by atoms with Crippen LogP contribution in [0.25, 0.3) is 12.2 Å². The van der Waals surface area contributed by atoms with Crippen LogP contribution in [-0.2, 0) is 9.53 Å². The minimum atomic E-state index is -0.712. The Kier molecular flexibility index (Phi) is 5.63. The van der Waals surface area contributed by atoms with Crippen molar-refractivity contribution in [1.82, 2.24) is 4.57 Å². The molecule has 1 aliphatic rings. The summed E-state index contributed by atoms with van der Waals surface area (Å²) in [6, 6.07) is 12.6. The van der Waals surface area contributed by atoms with Gasteiger partial charge in [-0.25, -0.2) is 9.79 Å². The maximum absolute atomic E-state index is 13.2. The Morgan fingerprint density at radius 2 is 2.07 bits per heavy atom. The van der Waals surface area contributed by atoms with Crippen molar-refractivity contribution in [2.75, 3.05) is 6.61 Å². The molecule has 1 aliphatic heterocycles. The van der Waals surface area contributed by atoms with Gasteiger partial charge in [-0.3, -0.25) is 9.36 Å². The maximum atomic E-state index is 13.2. The highest BCUT2D eigenvalue weighted by atomic mass is 32.1. The van der Waals surface area contributed by atoms with Crippen LogP contribution in [0.15, 0.2) is 80.3 Å². The van der Waals surface area contributed by atoms with Crippen LogP contribution in [-0.4, -0.2) is 17.1 Å². The molecule has 0 aliphatic carbocycles. The van der Waals surface area contributed by atoms with Gasteiger partial charge < -0.3 is 9.15 Å². The van der Waals surface area contributed by atoms with Crippen molar-refractivity contribution in [1.29, 1.82) is 0 Å². The molecule has 0 bridgehead atoms. The molecule has 0 saturated heterocycles. The summed E-state index contributed by atoms with van der Waals surface area (Å²) in [5, 5.41) is 0. The van der Waals surface area contributed by atoms with Crippen molar-refractivity contribution >= 4 is 29.5 Å². The molecule has 0 saturated carbocycles. The van der Waals surface area contributed by atoms with Crippen molar-refractivity contribution < 1.29 is 13.9 Å². The van der Waals surface area contributed by atoms with Gasteiger partial charge in [0.05, 0.1) is 28.7 Å². The monoisotopic (exact) mass is 420 g/mol. The fraction of sp³-hybridized carbons (Fsp3) is 0.174. The first kappa shape index (κ1) is 19.8. The Bertz CT molecular complexity index is 1300. The summed E-state index contributed by atoms with van der Waals surface area (Å²) < 4.78 is 12.8. The number of rotatable bonds is 5. The first-order valence-electron chi connectivity index (χ1n) is 9.55. The second-order valence-electron chi connectivity index (χ2n) is 6.61. The van der Waals surface area contributed by atoms with Gasteiger partial charge in [0.25, 0.3) is 5.56 Å². The lowest BCUT2D eigenvalue weighted by Crippen LogP contribution is -2.39. The number of hydrogen-bond donors (Lipinski definition) is 0. The lowest BCUT2D eigenvalue weighted by molar-refractivity contribution is -0.139. The van der Waals surface area contributed by atoms with Crippen LogP contribution in [0.4, 0.5) is 0 Å². The molecule has 1 atom stereocenters. The van der Waals surface area contributed by atoms with Crippen molar-refractivity contribution in [2.24, 2.45) is 4.99 Å². The summed E-state index contributed by atoms with van der Waals surface area (Å²) in [5.41, 5.74) is 1.63. The number of nitrogens with zero attached hydrogens (tertiary/aromatic N) is 2. The van der Waals surface area contributed by atoms with E-state index in [1.54, 1.807) is 32.1 Å². The zero-order chi connectivity index (χ0) is 21.1. The molecule has 6 nitrogen and oxygen atoms in total. The van der Waals surface area contributed by atoms with E-state index in [0.29, 0.717) is 26.4 Å². The van der Waals surface area contributed by atoms with E-state index in [9.17, 15) is 9.59 Å². The topological polar surface area (TPSA) is 73.8 Å². The third kappa shape index (κ3) is 3.71. The highest BCUT2D eigenvalue weighted by Crippen LogP contribution is 2.30. The van der Waals surface area contributed by atoms with E-state index >= 15 is 0 Å². The summed E-state index contributed by atoms with van der Waals surface area (Å²) in [6.07, 6.45) is 7.05. The highest BCUT2D eigenvalue weighted by molar-refractivity contribution is 7.07. The molecule has 1 unspecified atom stereocenters. The molecule has 0 fully saturated rings. The number of carbonyl (C=O) groups is 1. The fourth-order valence-corrected chi connectivity index (χ4v) is 4.33. The van der Waals surface area contributed by atoms with Crippen molar-refractivity contribution in [2.45, 2.75) is 19.9 Å². The maximum Gasteiger partial charge on any atom is 0.338 e. The van der Waals surface area contributed by atoms with E-state index in [1.807, 2.05) is 42.5 Å². The van der Waals surface area contributed by atoms with E-state index in [-0.39, 0.29) is 12.2 Å². The number of fused-ring (bicyclic) bond motifs is 1. The number of hydrogen-bond acceptors (Lipinski definition) is 6. The lowest BCUT2D eigenvalue weighted by atomic mass is 10.0. The van der Waals surface area contributed by atoms with Crippen LogP contribution >= 0.6 is 11.3 Å². The standard InChI is InChI=1S/C23H20N2O4S/c1-3-28-22(27)19-15(2)24-23-25(20(19)17-12-8-14-29-17)21(26)18(30-23)13-7-11-16-9-5-4-6-10-16/h4-14,20H,3H2,1-2H3/b11-7-,18-13-. The molecule has 0 spiro atoms. The zero-order valence-electron chi connectivity index (χ0n) is 16.6. The van der Waals surface area contributed by atoms with Crippen LogP contribution in [0.5, 0.6) is 0 Å². The summed E-state index contributed by atoms with van der Waals surface area (Å²) in [5.74, 6) is -0.0155. The van der Waals surface area contributed by atoms with Crippen LogP contribution < -0.4 is 14.9 Å². The Balaban J connectivity index is 1.83. The molecule has 0 N–H and O–H groups in total. The van der Waals surface area contributed by atoms with Crippen LogP contribution in [0.1, 0.15) is 31.2 Å². The fourth-order valence-electron chi connectivity index (χ4n) is 3.33. The Hall–Kier alpha value is -3.45. The minimum Gasteiger partial charge on any atom is -0.467 e. The summed E-state index contributed by atoms with van der Waals surface area (Å²) >= 11 is 1.28. The van der Waals surface area contributed by atoms with Crippen molar-refractivity contribution in [3.05, 3.63) is 97.1 Å². The molecule has 152 valence electrons. The van der Waals surface area contributed by atoms with Crippen molar-refractivity contribution in [3.8, 4) is 0 Å². The molecule has 1 aromatic carbocycles. The van der Waals surface area contributed by atoms with Crippen molar-refractivity contribution in [3.63, 3.8) is 0 Å². The van der Waals surface area contributed by atoms with E-state index in [4.69, 9.17) is 9.15 Å². The van der Waals surface area contributed by atoms with Gasteiger partial charge in [-0.2, -0.15) is 0 Å². The highest BCUT2D eigenvalue weighted by Gasteiger charge is 2.34. The third-order valence-electron chi connectivity index (χ3n) is 4.67. The van der Waals surface area contributed by atoms with Gasteiger partial charge >= 0.3 is 5.97 Å². The average molecular weight is 420 g/mol. The van der Waals surface area contributed by atoms with Gasteiger partial charge in [-0.1, -0.05) is 53.8 Å². The summed E-state index contributed by atoms with van der Waals surface area (Å²) in [4.78, 5) is 30.9. The number of furan rings is 1. The van der Waals surface area contributed by atoms with Gasteiger partial charge in [0.1, 0.15) is 11.8 Å². The zero-order valence-corrected chi connectivity index (χ0v) is 17.4. The van der Waals surface area contributed by atoms with Gasteiger partial charge in [0, 0.05) is 0 Å². The van der Waals surface area contributed by atoms with Gasteiger partial charge in [0.15, 0.2) is 4.80 Å². The number of allylic oxidation sites excluding steroid dienone is 2. The number of carbonyl (C=O) groups excluding carboxylic acids is 1. The van der Waals surface area contributed by atoms with Crippen LogP contribution in [0.2, 0.25) is 0 Å². The van der Waals surface area contributed by atoms with E-state index < -0.39 is 12.0 Å². The molecule has 3 heterocycles. The van der Waals surface area contributed by atoms with E-state index in [0.717, 1.165) is 5.56 Å². The number of benzene rings is 1. The lowest BCUT2D eigenvalue weighted by Gasteiger charge is -2.22. The largest absolute Gasteiger partial charge is 0.467 e. The molecule has 4 rings (SSSR count). The average Bonchev–Trinajstić information content (AvgIpc) is 3.37. The minimum absolute atomic E-state index is 0.229. The van der Waals surface area contributed by atoms with Crippen LogP contribution in [0, 0.1) is 0 Å². The quantitative estimate of drug-likeness (QED) is 0.595. The van der Waals surface area contributed by atoms with Gasteiger partial charge in [0.2, 0.25) is 0 Å². The summed E-state index contributed by atoms with van der Waals surface area (Å²) in [6.45, 7) is 3.72. The Morgan fingerprint density at radius 1 is 1.27 bits per heavy atom. The molecule has 30 heavy (non-hydrogen) atoms. The second-order valence-corrected chi connectivity index (χ2v) is 7.62. The third-order valence-corrected chi connectivity index (χ3v) is 5.67. The molecule has 2 aromatic heterocycles. The van der Waals surface area contributed by atoms with E-state index in [1.165, 1.54) is 22.2 Å². The number of aromatic nitrogens is 1. The predicted octanol–water partition coefficient (Wildman–Crippen LogP) is 3.06. The summed E-state index contributed by atoms with van der Waals surface area (Å²) in [7, 11) is 0. The number of thiazole rings is 1. The number of ether oxygens (including phenoxy) is 1. The SMILES string of the molecule is CCOC(=O)C1=C(C)N=c2s/c(=C\C=C/c3ccccc3)c(=O)n2C1c1ccco1. The molecule has 0 amide bonds. The smallest absolute Gasteiger partial charge is 0.338 e. The van der Waals surface area contributed by atoms with Gasteiger partial charge in [-0.15, -0.1) is 0 Å². The first-order chi connectivity index (χ1) is 14.6. The molecular weight excluding hydrogens is 400 g/mol. The molecule has 3 aromatic rings. The molecule has 0 radical (unpaired) electrons. The van der Waals surface area contributed by atoms with Crippen LogP contribution in [0.3, 0.4) is 0 Å². The van der Waals surface area contributed by atoms with Gasteiger partial charge in [-0.05, 0) is 37.6 Å². The normalized spacial score (nSPS) is 16.6. The van der Waals surface area contributed by atoms with E-state index in [2.05, 4.69) is 4.99 Å². The Morgan fingerprint density at radius 3 is 2.77 bits per heavy atom. The molecule has 7 heteroatoms. The Labute approximate surface area is 176 Å². The first-order valence-corrected chi connectivity index (χ1v) is 10.4. The predicted molar refractivity (Wildman–Crippen MR) is 115 cm³/mol. The number of esters is 1. The molecular formula is C23H20N2O4S. The second kappa shape index (κ2) is 8.51.